The van der Waals surface area contributed by atoms with E-state index in [0.717, 1.165) is 6.07 Å². The fourth-order valence-electron chi connectivity index (χ4n) is 1.01. The molecule has 0 aliphatic carbocycles. The van der Waals surface area contributed by atoms with Gasteiger partial charge in [0.15, 0.2) is 11.6 Å². The first-order valence-corrected chi connectivity index (χ1v) is 3.94. The van der Waals surface area contributed by atoms with Crippen molar-refractivity contribution in [2.45, 2.75) is 19.1 Å². The molecule has 0 heterocycles. The number of aliphatic hydroxyl groups excluding tert-OH is 1. The fourth-order valence-corrected chi connectivity index (χ4v) is 1.01. The van der Waals surface area contributed by atoms with Crippen LogP contribution in [0.3, 0.4) is 0 Å². The molecule has 4 heteroatoms. The van der Waals surface area contributed by atoms with E-state index in [1.165, 1.54) is 19.1 Å². The van der Waals surface area contributed by atoms with Crippen molar-refractivity contribution in [2.24, 2.45) is 5.73 Å². The van der Waals surface area contributed by atoms with Crippen LogP contribution in [-0.4, -0.2) is 16.3 Å². The molecule has 13 heavy (non-hydrogen) atoms. The Morgan fingerprint density at radius 3 is 2.54 bits per heavy atom. The largest absolute Gasteiger partial charge is 0.505 e. The highest BCUT2D eigenvalue weighted by molar-refractivity contribution is 5.30. The summed E-state index contributed by atoms with van der Waals surface area (Å²) in [4.78, 5) is 0. The predicted molar refractivity (Wildman–Crippen MR) is 46.7 cm³/mol. The zero-order chi connectivity index (χ0) is 10.0. The summed E-state index contributed by atoms with van der Waals surface area (Å²) >= 11 is 0. The molecule has 0 amide bonds. The Kier molecular flexibility index (Phi) is 2.85. The molecular formula is C9H12FNO2. The third-order valence-electron chi connectivity index (χ3n) is 1.88. The second-order valence-electron chi connectivity index (χ2n) is 2.98. The van der Waals surface area contributed by atoms with Gasteiger partial charge >= 0.3 is 0 Å². The first-order chi connectivity index (χ1) is 6.02. The average Bonchev–Trinajstić information content (AvgIpc) is 2.08. The van der Waals surface area contributed by atoms with Gasteiger partial charge in [-0.25, -0.2) is 4.39 Å². The van der Waals surface area contributed by atoms with Gasteiger partial charge in [0.05, 0.1) is 12.1 Å². The molecule has 1 aromatic carbocycles. The van der Waals surface area contributed by atoms with Gasteiger partial charge in [0, 0.05) is 0 Å². The molecule has 0 unspecified atom stereocenters. The maximum absolute atomic E-state index is 12.8. The minimum atomic E-state index is -0.746. The molecule has 72 valence electrons. The number of aromatic hydroxyl groups is 1. The van der Waals surface area contributed by atoms with Crippen molar-refractivity contribution >= 4 is 0 Å². The Bertz CT molecular complexity index is 302. The molecular weight excluding hydrogens is 173 g/mol. The molecule has 1 aromatic rings. The number of phenols is 1. The normalized spacial score (nSPS) is 15.4. The maximum atomic E-state index is 12.8. The lowest BCUT2D eigenvalue weighted by atomic mass is 10.0. The lowest BCUT2D eigenvalue weighted by Crippen LogP contribution is -2.23. The number of rotatable bonds is 2. The second kappa shape index (κ2) is 3.72. The van der Waals surface area contributed by atoms with E-state index >= 15 is 0 Å². The zero-order valence-electron chi connectivity index (χ0n) is 7.24. The smallest absolute Gasteiger partial charge is 0.165 e. The molecule has 3 nitrogen and oxygen atoms in total. The van der Waals surface area contributed by atoms with Crippen molar-refractivity contribution < 1.29 is 14.6 Å². The minimum Gasteiger partial charge on any atom is -0.505 e. The summed E-state index contributed by atoms with van der Waals surface area (Å²) in [5.41, 5.74) is 6.02. The van der Waals surface area contributed by atoms with E-state index in [0.29, 0.717) is 5.56 Å². The highest BCUT2D eigenvalue weighted by Crippen LogP contribution is 2.21. The number of hydrogen-bond donors (Lipinski definition) is 3. The van der Waals surface area contributed by atoms with Crippen LogP contribution < -0.4 is 5.73 Å². The van der Waals surface area contributed by atoms with E-state index < -0.39 is 23.7 Å². The standard InChI is InChI=1S/C9H12FNO2/c1-5(12)9(11)6-2-3-8(13)7(10)4-6/h2-5,9,12-13H,11H2,1H3/t5-,9+/m0/s1. The van der Waals surface area contributed by atoms with Gasteiger partial charge in [-0.05, 0) is 24.6 Å². The molecule has 0 aliphatic heterocycles. The number of halogens is 1. The topological polar surface area (TPSA) is 66.5 Å². The highest BCUT2D eigenvalue weighted by atomic mass is 19.1. The molecule has 0 radical (unpaired) electrons. The van der Waals surface area contributed by atoms with Crippen LogP contribution in [-0.2, 0) is 0 Å². The molecule has 0 aromatic heterocycles. The Labute approximate surface area is 75.6 Å². The summed E-state index contributed by atoms with van der Waals surface area (Å²) in [6.07, 6.45) is -0.746. The molecule has 0 aliphatic rings. The van der Waals surface area contributed by atoms with E-state index in [1.807, 2.05) is 0 Å². The lowest BCUT2D eigenvalue weighted by Gasteiger charge is -2.14. The van der Waals surface area contributed by atoms with Gasteiger partial charge in [-0.3, -0.25) is 0 Å². The van der Waals surface area contributed by atoms with Crippen LogP contribution in [0.1, 0.15) is 18.5 Å². The highest BCUT2D eigenvalue weighted by Gasteiger charge is 2.13. The van der Waals surface area contributed by atoms with Crippen LogP contribution in [0.4, 0.5) is 4.39 Å². The van der Waals surface area contributed by atoms with Gasteiger partial charge in [-0.15, -0.1) is 0 Å². The van der Waals surface area contributed by atoms with Crippen LogP contribution in [0.2, 0.25) is 0 Å². The second-order valence-corrected chi connectivity index (χ2v) is 2.98. The Morgan fingerprint density at radius 2 is 2.08 bits per heavy atom. The van der Waals surface area contributed by atoms with E-state index in [-0.39, 0.29) is 0 Å². The molecule has 0 saturated carbocycles. The third kappa shape index (κ3) is 2.17. The van der Waals surface area contributed by atoms with Gasteiger partial charge in [0.1, 0.15) is 0 Å². The first-order valence-electron chi connectivity index (χ1n) is 3.94. The van der Waals surface area contributed by atoms with Gasteiger partial charge in [0.25, 0.3) is 0 Å². The van der Waals surface area contributed by atoms with Crippen LogP contribution in [0.15, 0.2) is 18.2 Å². The van der Waals surface area contributed by atoms with E-state index in [1.54, 1.807) is 0 Å². The van der Waals surface area contributed by atoms with Gasteiger partial charge in [-0.2, -0.15) is 0 Å². The van der Waals surface area contributed by atoms with Crippen molar-refractivity contribution in [1.82, 2.24) is 0 Å². The quantitative estimate of drug-likeness (QED) is 0.641. The summed E-state index contributed by atoms with van der Waals surface area (Å²) in [5.74, 6) is -1.14. The predicted octanol–water partition coefficient (Wildman–Crippen LogP) is 0.912. The number of aliphatic hydroxyl groups is 1. The molecule has 1 rings (SSSR count). The molecule has 0 bridgehead atoms. The van der Waals surface area contributed by atoms with E-state index in [4.69, 9.17) is 15.9 Å². The molecule has 0 saturated heterocycles. The van der Waals surface area contributed by atoms with Crippen molar-refractivity contribution in [1.29, 1.82) is 0 Å². The summed E-state index contributed by atoms with van der Waals surface area (Å²) in [7, 11) is 0. The SMILES string of the molecule is C[C@H](O)[C@@H](N)c1ccc(O)c(F)c1. The Morgan fingerprint density at radius 1 is 1.46 bits per heavy atom. The van der Waals surface area contributed by atoms with Crippen LogP contribution in [0.25, 0.3) is 0 Å². The Balaban J connectivity index is 2.97. The minimum absolute atomic E-state index is 0.415. The molecule has 0 spiro atoms. The number of benzene rings is 1. The monoisotopic (exact) mass is 185 g/mol. The van der Waals surface area contributed by atoms with Crippen molar-refractivity contribution in [3.05, 3.63) is 29.6 Å². The average molecular weight is 185 g/mol. The molecule has 4 N–H and O–H groups in total. The zero-order valence-corrected chi connectivity index (χ0v) is 7.24. The van der Waals surface area contributed by atoms with Gasteiger partial charge < -0.3 is 15.9 Å². The lowest BCUT2D eigenvalue weighted by molar-refractivity contribution is 0.164. The molecule has 0 fully saturated rings. The van der Waals surface area contributed by atoms with Gasteiger partial charge in [0.2, 0.25) is 0 Å². The van der Waals surface area contributed by atoms with Crippen molar-refractivity contribution in [2.75, 3.05) is 0 Å². The summed E-state index contributed by atoms with van der Waals surface area (Å²) in [5, 5.41) is 18.0. The number of nitrogens with two attached hydrogens (primary N) is 1. The van der Waals surface area contributed by atoms with Gasteiger partial charge in [-0.1, -0.05) is 6.07 Å². The third-order valence-corrected chi connectivity index (χ3v) is 1.88. The van der Waals surface area contributed by atoms with Crippen LogP contribution >= 0.6 is 0 Å². The number of phenolic OH excluding ortho intramolecular Hbond substituents is 1. The maximum Gasteiger partial charge on any atom is 0.165 e. The van der Waals surface area contributed by atoms with Crippen molar-refractivity contribution in [3.63, 3.8) is 0 Å². The van der Waals surface area contributed by atoms with Crippen LogP contribution in [0, 0.1) is 5.82 Å². The Hall–Kier alpha value is -1.13. The van der Waals surface area contributed by atoms with Crippen molar-refractivity contribution in [3.8, 4) is 5.75 Å². The van der Waals surface area contributed by atoms with Crippen LogP contribution in [0.5, 0.6) is 5.75 Å². The summed E-state index contributed by atoms with van der Waals surface area (Å²) in [6.45, 7) is 1.52. The fraction of sp³-hybridized carbons (Fsp3) is 0.333. The molecule has 2 atom stereocenters. The first kappa shape index (κ1) is 9.95. The summed E-state index contributed by atoms with van der Waals surface area (Å²) < 4.78 is 12.8. The number of hydrogen-bond acceptors (Lipinski definition) is 3. The summed E-state index contributed by atoms with van der Waals surface area (Å²) in [6, 6.07) is 3.19. The van der Waals surface area contributed by atoms with E-state index in [2.05, 4.69) is 0 Å². The van der Waals surface area contributed by atoms with E-state index in [9.17, 15) is 4.39 Å².